The zero-order chi connectivity index (χ0) is 13.6. The zero-order valence-electron chi connectivity index (χ0n) is 11.4. The topological polar surface area (TPSA) is 46.2 Å². The molecule has 102 valence electrons. The molecule has 0 fully saturated rings. The van der Waals surface area contributed by atoms with Crippen LogP contribution in [0.3, 0.4) is 0 Å². The predicted molar refractivity (Wildman–Crippen MR) is 75.9 cm³/mol. The highest BCUT2D eigenvalue weighted by Crippen LogP contribution is 2.10. The Labute approximate surface area is 111 Å². The molecule has 0 unspecified atom stereocenters. The van der Waals surface area contributed by atoms with Gasteiger partial charge >= 0.3 is 0 Å². The first-order valence-corrected chi connectivity index (χ1v) is 8.13. The molecule has 0 radical (unpaired) electrons. The summed E-state index contributed by atoms with van der Waals surface area (Å²) >= 11 is 0. The molecule has 0 atom stereocenters. The van der Waals surface area contributed by atoms with E-state index in [4.69, 9.17) is 0 Å². The maximum Gasteiger partial charge on any atom is 0.211 e. The number of nitrogens with one attached hydrogen (secondary N) is 1. The Balaban J connectivity index is 2.54. The molecule has 0 aromatic heterocycles. The van der Waals surface area contributed by atoms with Crippen LogP contribution in [0.1, 0.15) is 38.3 Å². The largest absolute Gasteiger partial charge is 0.212 e. The Hall–Kier alpha value is -0.870. The summed E-state index contributed by atoms with van der Waals surface area (Å²) in [6.45, 7) is 6.61. The van der Waals surface area contributed by atoms with Crippen LogP contribution in [0.25, 0.3) is 0 Å². The maximum absolute atomic E-state index is 11.5. The molecule has 0 bridgehead atoms. The first-order valence-electron chi connectivity index (χ1n) is 6.48. The fourth-order valence-electron chi connectivity index (χ4n) is 1.80. The predicted octanol–water partition coefficient (Wildman–Crippen LogP) is 2.71. The van der Waals surface area contributed by atoms with Crippen molar-refractivity contribution in [2.75, 3.05) is 5.75 Å². The lowest BCUT2D eigenvalue weighted by Crippen LogP contribution is -2.25. The van der Waals surface area contributed by atoms with E-state index in [0.29, 0.717) is 18.9 Å². The number of rotatable bonds is 7. The van der Waals surface area contributed by atoms with Gasteiger partial charge in [0.2, 0.25) is 10.0 Å². The fraction of sp³-hybridized carbons (Fsp3) is 0.571. The van der Waals surface area contributed by atoms with Crippen LogP contribution in [0.15, 0.2) is 24.3 Å². The first kappa shape index (κ1) is 15.2. The lowest BCUT2D eigenvalue weighted by atomic mass is 10.0. The van der Waals surface area contributed by atoms with Gasteiger partial charge in [-0.3, -0.25) is 0 Å². The van der Waals surface area contributed by atoms with Crippen molar-refractivity contribution < 1.29 is 8.42 Å². The molecule has 4 heteroatoms. The summed E-state index contributed by atoms with van der Waals surface area (Å²) in [4.78, 5) is 0. The quantitative estimate of drug-likeness (QED) is 0.827. The second-order valence-electron chi connectivity index (χ2n) is 5.05. The van der Waals surface area contributed by atoms with Gasteiger partial charge < -0.3 is 0 Å². The van der Waals surface area contributed by atoms with Crippen molar-refractivity contribution in [3.05, 3.63) is 35.4 Å². The Kier molecular flexibility index (Phi) is 5.82. The van der Waals surface area contributed by atoms with E-state index in [1.807, 2.05) is 19.1 Å². The average Bonchev–Trinajstić information content (AvgIpc) is 2.27. The lowest BCUT2D eigenvalue weighted by Gasteiger charge is -2.08. The van der Waals surface area contributed by atoms with E-state index in [1.165, 1.54) is 5.56 Å². The van der Waals surface area contributed by atoms with Crippen molar-refractivity contribution in [2.45, 2.75) is 40.2 Å². The van der Waals surface area contributed by atoms with E-state index in [2.05, 4.69) is 30.7 Å². The Morgan fingerprint density at radius 2 is 1.67 bits per heavy atom. The van der Waals surface area contributed by atoms with Crippen molar-refractivity contribution in [3.8, 4) is 0 Å². The standard InChI is InChI=1S/C14H23NO2S/c1-4-9-18(16,17)15-11-14-7-5-13(6-8-14)10-12(2)3/h5-8,12,15H,4,9-11H2,1-3H3. The number of hydrogen-bond donors (Lipinski definition) is 1. The molecule has 0 saturated heterocycles. The van der Waals surface area contributed by atoms with Crippen LogP contribution in [-0.2, 0) is 23.0 Å². The Morgan fingerprint density at radius 1 is 1.11 bits per heavy atom. The van der Waals surface area contributed by atoms with E-state index in [0.717, 1.165) is 12.0 Å². The second kappa shape index (κ2) is 6.90. The van der Waals surface area contributed by atoms with Crippen LogP contribution >= 0.6 is 0 Å². The number of benzene rings is 1. The molecule has 1 aromatic carbocycles. The third-order valence-electron chi connectivity index (χ3n) is 2.64. The van der Waals surface area contributed by atoms with E-state index in [9.17, 15) is 8.42 Å². The van der Waals surface area contributed by atoms with Gasteiger partial charge in [-0.1, -0.05) is 45.0 Å². The molecule has 1 rings (SSSR count). The summed E-state index contributed by atoms with van der Waals surface area (Å²) in [6.07, 6.45) is 1.70. The van der Waals surface area contributed by atoms with Gasteiger partial charge in [0.25, 0.3) is 0 Å². The number of sulfonamides is 1. The second-order valence-corrected chi connectivity index (χ2v) is 6.98. The Morgan fingerprint density at radius 3 is 2.17 bits per heavy atom. The van der Waals surface area contributed by atoms with Crippen molar-refractivity contribution in [3.63, 3.8) is 0 Å². The summed E-state index contributed by atoms with van der Waals surface area (Å²) in [5, 5.41) is 0. The van der Waals surface area contributed by atoms with Crippen molar-refractivity contribution in [2.24, 2.45) is 5.92 Å². The third-order valence-corrected chi connectivity index (χ3v) is 4.17. The van der Waals surface area contributed by atoms with E-state index in [1.54, 1.807) is 0 Å². The summed E-state index contributed by atoms with van der Waals surface area (Å²) in [7, 11) is -3.11. The van der Waals surface area contributed by atoms with Gasteiger partial charge in [-0.25, -0.2) is 13.1 Å². The van der Waals surface area contributed by atoms with Crippen LogP contribution in [-0.4, -0.2) is 14.2 Å². The smallest absolute Gasteiger partial charge is 0.211 e. The van der Waals surface area contributed by atoms with Gasteiger partial charge in [0.05, 0.1) is 5.75 Å². The van der Waals surface area contributed by atoms with Gasteiger partial charge in [-0.2, -0.15) is 0 Å². The van der Waals surface area contributed by atoms with Gasteiger partial charge in [0, 0.05) is 6.54 Å². The fourth-order valence-corrected chi connectivity index (χ4v) is 2.87. The van der Waals surface area contributed by atoms with Crippen LogP contribution in [0.4, 0.5) is 0 Å². The van der Waals surface area contributed by atoms with Crippen LogP contribution in [0, 0.1) is 5.92 Å². The third kappa shape index (κ3) is 5.65. The first-order chi connectivity index (χ1) is 8.43. The molecule has 0 saturated carbocycles. The zero-order valence-corrected chi connectivity index (χ0v) is 12.3. The lowest BCUT2D eigenvalue weighted by molar-refractivity contribution is 0.580. The van der Waals surface area contributed by atoms with Crippen LogP contribution < -0.4 is 4.72 Å². The summed E-state index contributed by atoms with van der Waals surface area (Å²) in [5.41, 5.74) is 2.30. The molecule has 0 aliphatic carbocycles. The average molecular weight is 269 g/mol. The van der Waals surface area contributed by atoms with E-state index in [-0.39, 0.29) is 5.75 Å². The molecule has 0 amide bonds. The van der Waals surface area contributed by atoms with Crippen LogP contribution in [0.2, 0.25) is 0 Å². The highest BCUT2D eigenvalue weighted by Gasteiger charge is 2.07. The summed E-state index contributed by atoms with van der Waals surface area (Å²) in [5.74, 6) is 0.831. The molecular weight excluding hydrogens is 246 g/mol. The number of hydrogen-bond acceptors (Lipinski definition) is 2. The SMILES string of the molecule is CCCS(=O)(=O)NCc1ccc(CC(C)C)cc1. The van der Waals surface area contributed by atoms with Gasteiger partial charge in [0.15, 0.2) is 0 Å². The highest BCUT2D eigenvalue weighted by atomic mass is 32.2. The molecular formula is C14H23NO2S. The molecule has 1 aromatic rings. The minimum atomic E-state index is -3.11. The monoisotopic (exact) mass is 269 g/mol. The highest BCUT2D eigenvalue weighted by molar-refractivity contribution is 7.89. The van der Waals surface area contributed by atoms with Gasteiger partial charge in [-0.15, -0.1) is 0 Å². The van der Waals surface area contributed by atoms with Gasteiger partial charge in [-0.05, 0) is 29.9 Å². The summed E-state index contributed by atoms with van der Waals surface area (Å²) < 4.78 is 25.6. The van der Waals surface area contributed by atoms with Crippen molar-refractivity contribution >= 4 is 10.0 Å². The van der Waals surface area contributed by atoms with Gasteiger partial charge in [0.1, 0.15) is 0 Å². The molecule has 0 aliphatic rings. The molecule has 1 N–H and O–H groups in total. The Bertz CT molecular complexity index is 449. The maximum atomic E-state index is 11.5. The normalized spacial score (nSPS) is 12.0. The van der Waals surface area contributed by atoms with Crippen LogP contribution in [0.5, 0.6) is 0 Å². The molecule has 0 aliphatic heterocycles. The molecule has 0 heterocycles. The molecule has 18 heavy (non-hydrogen) atoms. The van der Waals surface area contributed by atoms with E-state index >= 15 is 0 Å². The minimum absolute atomic E-state index is 0.193. The van der Waals surface area contributed by atoms with Crippen molar-refractivity contribution in [1.29, 1.82) is 0 Å². The van der Waals surface area contributed by atoms with Crippen molar-refractivity contribution in [1.82, 2.24) is 4.72 Å². The van der Waals surface area contributed by atoms with E-state index < -0.39 is 10.0 Å². The summed E-state index contributed by atoms with van der Waals surface area (Å²) in [6, 6.07) is 8.13. The molecule has 0 spiro atoms. The minimum Gasteiger partial charge on any atom is -0.212 e. The molecule has 3 nitrogen and oxygen atoms in total.